The molecule has 0 aliphatic carbocycles. The molecule has 0 spiro atoms. The van der Waals surface area contributed by atoms with E-state index in [9.17, 15) is 0 Å². The molecular weight excluding hydrogens is 278 g/mol. The van der Waals surface area contributed by atoms with E-state index in [4.69, 9.17) is 16.3 Å². The Labute approximate surface area is 123 Å². The van der Waals surface area contributed by atoms with Crippen LogP contribution >= 0.6 is 22.9 Å². The van der Waals surface area contributed by atoms with E-state index in [1.165, 1.54) is 15.3 Å². The summed E-state index contributed by atoms with van der Waals surface area (Å²) < 4.78 is 5.78. The highest BCUT2D eigenvalue weighted by molar-refractivity contribution is 7.12. The van der Waals surface area contributed by atoms with Gasteiger partial charge in [-0.25, -0.2) is 0 Å². The molecule has 0 aliphatic heterocycles. The molecule has 1 aromatic carbocycles. The zero-order chi connectivity index (χ0) is 13.7. The summed E-state index contributed by atoms with van der Waals surface area (Å²) in [5.74, 6) is 0.739. The minimum absolute atomic E-state index is 0.568. The molecule has 4 heteroatoms. The zero-order valence-electron chi connectivity index (χ0n) is 11.2. The SMILES string of the molecule is CCNCc1cc(COc2ccccc2Cl)c(C)s1. The first kappa shape index (κ1) is 14.4. The van der Waals surface area contributed by atoms with E-state index >= 15 is 0 Å². The quantitative estimate of drug-likeness (QED) is 0.853. The van der Waals surface area contributed by atoms with Crippen molar-refractivity contribution in [3.63, 3.8) is 0 Å². The molecule has 0 aliphatic rings. The van der Waals surface area contributed by atoms with Gasteiger partial charge in [-0.1, -0.05) is 30.7 Å². The van der Waals surface area contributed by atoms with Crippen LogP contribution in [0.2, 0.25) is 5.02 Å². The lowest BCUT2D eigenvalue weighted by Gasteiger charge is -2.07. The van der Waals surface area contributed by atoms with Crippen LogP contribution in [0.4, 0.5) is 0 Å². The fourth-order valence-electron chi connectivity index (χ4n) is 1.78. The molecule has 0 saturated heterocycles. The van der Waals surface area contributed by atoms with Crippen molar-refractivity contribution in [2.24, 2.45) is 0 Å². The average Bonchev–Trinajstić information content (AvgIpc) is 2.76. The van der Waals surface area contributed by atoms with E-state index in [2.05, 4.69) is 25.2 Å². The van der Waals surface area contributed by atoms with E-state index in [0.717, 1.165) is 18.8 Å². The summed E-state index contributed by atoms with van der Waals surface area (Å²) in [6.07, 6.45) is 0. The Morgan fingerprint density at radius 1 is 1.32 bits per heavy atom. The van der Waals surface area contributed by atoms with Gasteiger partial charge in [0.15, 0.2) is 0 Å². The van der Waals surface area contributed by atoms with Crippen molar-refractivity contribution in [3.05, 3.63) is 50.7 Å². The van der Waals surface area contributed by atoms with Crippen molar-refractivity contribution in [2.45, 2.75) is 27.0 Å². The maximum Gasteiger partial charge on any atom is 0.138 e. The Kier molecular flexibility index (Phi) is 5.25. The standard InChI is InChI=1S/C15H18ClNOS/c1-3-17-9-13-8-12(11(2)19-13)10-18-15-7-5-4-6-14(15)16/h4-8,17H,3,9-10H2,1-2H3. The van der Waals surface area contributed by atoms with Crippen molar-refractivity contribution in [1.29, 1.82) is 0 Å². The lowest BCUT2D eigenvalue weighted by molar-refractivity contribution is 0.306. The summed E-state index contributed by atoms with van der Waals surface area (Å²) in [5.41, 5.74) is 1.23. The molecule has 0 amide bonds. The third kappa shape index (κ3) is 3.96. The predicted octanol–water partition coefficient (Wildman–Crippen LogP) is 4.40. The second kappa shape index (κ2) is 6.94. The van der Waals surface area contributed by atoms with Gasteiger partial charge < -0.3 is 10.1 Å². The summed E-state index contributed by atoms with van der Waals surface area (Å²) in [5, 5.41) is 3.99. The number of benzene rings is 1. The Hall–Kier alpha value is -1.03. The summed E-state index contributed by atoms with van der Waals surface area (Å²) >= 11 is 7.89. The number of para-hydroxylation sites is 1. The molecular formula is C15H18ClNOS. The van der Waals surface area contributed by atoms with E-state index in [1.807, 2.05) is 35.6 Å². The highest BCUT2D eigenvalue weighted by Crippen LogP contribution is 2.27. The molecule has 1 heterocycles. The Morgan fingerprint density at radius 2 is 2.11 bits per heavy atom. The minimum Gasteiger partial charge on any atom is -0.487 e. The summed E-state index contributed by atoms with van der Waals surface area (Å²) in [6.45, 7) is 6.72. The maximum atomic E-state index is 6.07. The average molecular weight is 296 g/mol. The van der Waals surface area contributed by atoms with E-state index in [0.29, 0.717) is 11.6 Å². The van der Waals surface area contributed by atoms with Crippen LogP contribution in [0.3, 0.4) is 0 Å². The molecule has 0 fully saturated rings. The normalized spacial score (nSPS) is 10.7. The van der Waals surface area contributed by atoms with Gasteiger partial charge >= 0.3 is 0 Å². The molecule has 1 aromatic heterocycles. The molecule has 102 valence electrons. The van der Waals surface area contributed by atoms with Crippen LogP contribution < -0.4 is 10.1 Å². The first-order valence-corrected chi connectivity index (χ1v) is 7.56. The van der Waals surface area contributed by atoms with Crippen molar-refractivity contribution in [1.82, 2.24) is 5.32 Å². The smallest absolute Gasteiger partial charge is 0.138 e. The lowest BCUT2D eigenvalue weighted by atomic mass is 10.2. The first-order chi connectivity index (χ1) is 9.20. The summed E-state index contributed by atoms with van der Waals surface area (Å²) in [4.78, 5) is 2.65. The van der Waals surface area contributed by atoms with Crippen molar-refractivity contribution in [2.75, 3.05) is 6.54 Å². The molecule has 1 N–H and O–H groups in total. The Morgan fingerprint density at radius 3 is 2.84 bits per heavy atom. The van der Waals surface area contributed by atoms with Gasteiger partial charge in [-0.2, -0.15) is 0 Å². The van der Waals surface area contributed by atoms with Gasteiger partial charge in [0, 0.05) is 21.9 Å². The second-order valence-electron chi connectivity index (χ2n) is 4.29. The molecule has 2 nitrogen and oxygen atoms in total. The van der Waals surface area contributed by atoms with Crippen LogP contribution in [0, 0.1) is 6.92 Å². The van der Waals surface area contributed by atoms with E-state index < -0.39 is 0 Å². The summed E-state index contributed by atoms with van der Waals surface area (Å²) in [7, 11) is 0. The topological polar surface area (TPSA) is 21.3 Å². The zero-order valence-corrected chi connectivity index (χ0v) is 12.8. The number of halogens is 1. The van der Waals surface area contributed by atoms with Crippen LogP contribution in [-0.2, 0) is 13.2 Å². The van der Waals surface area contributed by atoms with Gasteiger partial charge in [0.2, 0.25) is 0 Å². The van der Waals surface area contributed by atoms with Crippen LogP contribution in [-0.4, -0.2) is 6.54 Å². The summed E-state index contributed by atoms with van der Waals surface area (Å²) in [6, 6.07) is 9.77. The van der Waals surface area contributed by atoms with Gasteiger partial charge in [-0.05, 0) is 31.7 Å². The fourth-order valence-corrected chi connectivity index (χ4v) is 2.99. The van der Waals surface area contributed by atoms with Crippen LogP contribution in [0.5, 0.6) is 5.75 Å². The molecule has 19 heavy (non-hydrogen) atoms. The van der Waals surface area contributed by atoms with Gasteiger partial charge in [0.1, 0.15) is 12.4 Å². The molecule has 0 saturated carbocycles. The molecule has 0 radical (unpaired) electrons. The van der Waals surface area contributed by atoms with Crippen molar-refractivity contribution < 1.29 is 4.74 Å². The van der Waals surface area contributed by atoms with E-state index in [1.54, 1.807) is 0 Å². The van der Waals surface area contributed by atoms with Gasteiger partial charge in [-0.15, -0.1) is 11.3 Å². The molecule has 0 unspecified atom stereocenters. The second-order valence-corrected chi connectivity index (χ2v) is 6.04. The maximum absolute atomic E-state index is 6.07. The Bertz CT molecular complexity index is 539. The minimum atomic E-state index is 0.568. The number of aryl methyl sites for hydroxylation is 1. The highest BCUT2D eigenvalue weighted by Gasteiger charge is 2.07. The molecule has 0 atom stereocenters. The van der Waals surface area contributed by atoms with Gasteiger partial charge in [-0.3, -0.25) is 0 Å². The number of thiophene rings is 1. The van der Waals surface area contributed by atoms with Gasteiger partial charge in [0.05, 0.1) is 5.02 Å². The Balaban J connectivity index is 1.99. The first-order valence-electron chi connectivity index (χ1n) is 6.37. The largest absolute Gasteiger partial charge is 0.487 e. The third-order valence-corrected chi connectivity index (χ3v) is 4.25. The molecule has 2 rings (SSSR count). The van der Waals surface area contributed by atoms with Crippen LogP contribution in [0.25, 0.3) is 0 Å². The molecule has 0 bridgehead atoms. The number of ether oxygens (including phenoxy) is 1. The van der Waals surface area contributed by atoms with Crippen molar-refractivity contribution in [3.8, 4) is 5.75 Å². The molecule has 2 aromatic rings. The van der Waals surface area contributed by atoms with Crippen LogP contribution in [0.15, 0.2) is 30.3 Å². The lowest BCUT2D eigenvalue weighted by Crippen LogP contribution is -2.10. The highest BCUT2D eigenvalue weighted by atomic mass is 35.5. The van der Waals surface area contributed by atoms with E-state index in [-0.39, 0.29) is 0 Å². The predicted molar refractivity (Wildman–Crippen MR) is 82.2 cm³/mol. The monoisotopic (exact) mass is 295 g/mol. The number of hydrogen-bond acceptors (Lipinski definition) is 3. The van der Waals surface area contributed by atoms with Crippen LogP contribution in [0.1, 0.15) is 22.2 Å². The number of nitrogens with one attached hydrogen (secondary N) is 1. The number of hydrogen-bond donors (Lipinski definition) is 1. The number of rotatable bonds is 6. The van der Waals surface area contributed by atoms with Crippen molar-refractivity contribution >= 4 is 22.9 Å². The third-order valence-electron chi connectivity index (χ3n) is 2.84. The fraction of sp³-hybridized carbons (Fsp3) is 0.333. The van der Waals surface area contributed by atoms with Gasteiger partial charge in [0.25, 0.3) is 0 Å².